The molecule has 0 radical (unpaired) electrons. The number of hydrogen-bond acceptors (Lipinski definition) is 3. The van der Waals surface area contributed by atoms with Crippen LogP contribution >= 0.6 is 0 Å². The summed E-state index contributed by atoms with van der Waals surface area (Å²) in [6.07, 6.45) is 4.45. The van der Waals surface area contributed by atoms with Crippen molar-refractivity contribution in [1.29, 1.82) is 5.26 Å². The Morgan fingerprint density at radius 3 is 2.43 bits per heavy atom. The van der Waals surface area contributed by atoms with Crippen LogP contribution in [0.3, 0.4) is 0 Å². The Bertz CT molecular complexity index is 408. The van der Waals surface area contributed by atoms with Gasteiger partial charge in [0.1, 0.15) is 5.41 Å². The molecule has 0 saturated carbocycles. The third-order valence-corrected chi connectivity index (χ3v) is 4.30. The van der Waals surface area contributed by atoms with E-state index >= 15 is 0 Å². The summed E-state index contributed by atoms with van der Waals surface area (Å²) in [6, 6.07) is 2.28. The largest absolute Gasteiger partial charge is 0.359 e. The van der Waals surface area contributed by atoms with Crippen LogP contribution in [0.2, 0.25) is 0 Å². The smallest absolute Gasteiger partial charge is 0.243 e. The molecule has 1 N–H and O–H groups in total. The molecule has 0 spiro atoms. The van der Waals surface area contributed by atoms with Gasteiger partial charge in [-0.25, -0.2) is 0 Å². The summed E-state index contributed by atoms with van der Waals surface area (Å²) in [5.74, 6) is -0.240. The summed E-state index contributed by atoms with van der Waals surface area (Å²) < 4.78 is 0. The zero-order chi connectivity index (χ0) is 15.9. The van der Waals surface area contributed by atoms with Gasteiger partial charge in [0, 0.05) is 20.1 Å². The standard InChI is InChI=1S/C16H27N3O2/c1-4-8-16(12-17,9-5-2)15(21)19-10-6-7-13(11-19)14(20)18-3/h13H,4-11H2,1-3H3,(H,18,20). The van der Waals surface area contributed by atoms with Gasteiger partial charge >= 0.3 is 0 Å². The molecule has 0 aromatic carbocycles. The van der Waals surface area contributed by atoms with Crippen molar-refractivity contribution in [2.75, 3.05) is 20.1 Å². The minimum atomic E-state index is -0.909. The van der Waals surface area contributed by atoms with Crippen molar-refractivity contribution in [3.63, 3.8) is 0 Å². The zero-order valence-corrected chi connectivity index (χ0v) is 13.4. The highest BCUT2D eigenvalue weighted by molar-refractivity contribution is 5.86. The molecule has 1 rings (SSSR count). The lowest BCUT2D eigenvalue weighted by Crippen LogP contribution is -2.50. The molecular weight excluding hydrogens is 266 g/mol. The molecule has 0 aromatic rings. The number of nitrogens with one attached hydrogen (secondary N) is 1. The second-order valence-electron chi connectivity index (χ2n) is 5.90. The molecule has 0 bridgehead atoms. The molecule has 5 nitrogen and oxygen atoms in total. The van der Waals surface area contributed by atoms with E-state index in [0.29, 0.717) is 25.9 Å². The van der Waals surface area contributed by atoms with Gasteiger partial charge < -0.3 is 10.2 Å². The Morgan fingerprint density at radius 1 is 1.33 bits per heavy atom. The first-order valence-corrected chi connectivity index (χ1v) is 7.96. The monoisotopic (exact) mass is 293 g/mol. The minimum Gasteiger partial charge on any atom is -0.359 e. The van der Waals surface area contributed by atoms with E-state index in [9.17, 15) is 14.9 Å². The number of likely N-dealkylation sites (tertiary alicyclic amines) is 1. The molecule has 5 heteroatoms. The lowest BCUT2D eigenvalue weighted by molar-refractivity contribution is -0.143. The van der Waals surface area contributed by atoms with Crippen molar-refractivity contribution < 1.29 is 9.59 Å². The number of carbonyl (C=O) groups is 2. The maximum absolute atomic E-state index is 12.9. The van der Waals surface area contributed by atoms with Crippen LogP contribution in [-0.4, -0.2) is 36.9 Å². The first-order valence-electron chi connectivity index (χ1n) is 7.96. The molecule has 21 heavy (non-hydrogen) atoms. The van der Waals surface area contributed by atoms with Gasteiger partial charge in [0.05, 0.1) is 12.0 Å². The van der Waals surface area contributed by atoms with Gasteiger partial charge in [-0.15, -0.1) is 0 Å². The zero-order valence-electron chi connectivity index (χ0n) is 13.4. The molecule has 2 amide bonds. The number of nitriles is 1. The van der Waals surface area contributed by atoms with Crippen LogP contribution in [-0.2, 0) is 9.59 Å². The highest BCUT2D eigenvalue weighted by atomic mass is 16.2. The molecule has 0 aromatic heterocycles. The van der Waals surface area contributed by atoms with E-state index in [0.717, 1.165) is 25.7 Å². The van der Waals surface area contributed by atoms with Crippen molar-refractivity contribution in [1.82, 2.24) is 10.2 Å². The minimum absolute atomic E-state index is 0.0129. The number of carbonyl (C=O) groups excluding carboxylic acids is 2. The molecular formula is C16H27N3O2. The fourth-order valence-corrected chi connectivity index (χ4v) is 3.23. The Labute approximate surface area is 127 Å². The van der Waals surface area contributed by atoms with Gasteiger partial charge in [-0.1, -0.05) is 26.7 Å². The van der Waals surface area contributed by atoms with E-state index in [1.54, 1.807) is 11.9 Å². The van der Waals surface area contributed by atoms with Crippen LogP contribution in [0.1, 0.15) is 52.4 Å². The normalized spacial score (nSPS) is 19.0. The van der Waals surface area contributed by atoms with E-state index in [1.807, 2.05) is 13.8 Å². The number of nitrogens with zero attached hydrogens (tertiary/aromatic N) is 2. The van der Waals surface area contributed by atoms with Crippen molar-refractivity contribution in [3.05, 3.63) is 0 Å². The highest BCUT2D eigenvalue weighted by Crippen LogP contribution is 2.33. The van der Waals surface area contributed by atoms with Crippen LogP contribution in [0.5, 0.6) is 0 Å². The van der Waals surface area contributed by atoms with Gasteiger partial charge in [0.2, 0.25) is 11.8 Å². The highest BCUT2D eigenvalue weighted by Gasteiger charge is 2.41. The quantitative estimate of drug-likeness (QED) is 0.815. The predicted octanol–water partition coefficient (Wildman–Crippen LogP) is 2.08. The number of amides is 2. The first-order chi connectivity index (χ1) is 10.0. The van der Waals surface area contributed by atoms with E-state index in [2.05, 4.69) is 11.4 Å². The second-order valence-corrected chi connectivity index (χ2v) is 5.90. The summed E-state index contributed by atoms with van der Waals surface area (Å²) in [5, 5.41) is 12.2. The van der Waals surface area contributed by atoms with Crippen molar-refractivity contribution in [2.45, 2.75) is 52.4 Å². The number of hydrogen-bond donors (Lipinski definition) is 1. The van der Waals surface area contributed by atoms with Gasteiger partial charge in [-0.05, 0) is 25.7 Å². The maximum atomic E-state index is 12.9. The van der Waals surface area contributed by atoms with Gasteiger partial charge in [0.15, 0.2) is 0 Å². The van der Waals surface area contributed by atoms with Crippen molar-refractivity contribution >= 4 is 11.8 Å². The third kappa shape index (κ3) is 3.96. The Kier molecular flexibility index (Phi) is 6.67. The number of piperidine rings is 1. The summed E-state index contributed by atoms with van der Waals surface area (Å²) in [4.78, 5) is 26.4. The fourth-order valence-electron chi connectivity index (χ4n) is 3.23. The van der Waals surface area contributed by atoms with Crippen LogP contribution in [0, 0.1) is 22.7 Å². The molecule has 1 atom stereocenters. The topological polar surface area (TPSA) is 73.2 Å². The Hall–Kier alpha value is -1.57. The van der Waals surface area contributed by atoms with E-state index in [1.165, 1.54) is 0 Å². The van der Waals surface area contributed by atoms with Crippen molar-refractivity contribution in [2.24, 2.45) is 11.3 Å². The molecule has 1 unspecified atom stereocenters. The van der Waals surface area contributed by atoms with Gasteiger partial charge in [-0.2, -0.15) is 5.26 Å². The fraction of sp³-hybridized carbons (Fsp3) is 0.812. The lowest BCUT2D eigenvalue weighted by Gasteiger charge is -2.37. The molecule has 118 valence electrons. The molecule has 1 fully saturated rings. The molecule has 1 aliphatic heterocycles. The Morgan fingerprint density at radius 2 is 1.95 bits per heavy atom. The average Bonchev–Trinajstić information content (AvgIpc) is 2.53. The van der Waals surface area contributed by atoms with E-state index in [-0.39, 0.29) is 17.7 Å². The second kappa shape index (κ2) is 8.02. The molecule has 0 aliphatic carbocycles. The third-order valence-electron chi connectivity index (χ3n) is 4.30. The summed E-state index contributed by atoms with van der Waals surface area (Å²) in [6.45, 7) is 5.09. The van der Waals surface area contributed by atoms with Gasteiger partial charge in [0.25, 0.3) is 0 Å². The molecule has 1 heterocycles. The number of rotatable bonds is 6. The lowest BCUT2D eigenvalue weighted by atomic mass is 9.78. The molecule has 1 saturated heterocycles. The Balaban J connectivity index is 2.88. The van der Waals surface area contributed by atoms with Crippen LogP contribution in [0.15, 0.2) is 0 Å². The molecule has 1 aliphatic rings. The summed E-state index contributed by atoms with van der Waals surface area (Å²) >= 11 is 0. The predicted molar refractivity (Wildman–Crippen MR) is 81.2 cm³/mol. The van der Waals surface area contributed by atoms with Crippen LogP contribution in [0.4, 0.5) is 0 Å². The maximum Gasteiger partial charge on any atom is 0.243 e. The van der Waals surface area contributed by atoms with Crippen LogP contribution in [0.25, 0.3) is 0 Å². The van der Waals surface area contributed by atoms with E-state index < -0.39 is 5.41 Å². The average molecular weight is 293 g/mol. The summed E-state index contributed by atoms with van der Waals surface area (Å²) in [7, 11) is 1.62. The van der Waals surface area contributed by atoms with Crippen molar-refractivity contribution in [3.8, 4) is 6.07 Å². The SMILES string of the molecule is CCCC(C#N)(CCC)C(=O)N1CCCC(C(=O)NC)C1. The first kappa shape index (κ1) is 17.5. The van der Waals surface area contributed by atoms with Crippen LogP contribution < -0.4 is 5.32 Å². The van der Waals surface area contributed by atoms with E-state index in [4.69, 9.17) is 0 Å². The summed E-state index contributed by atoms with van der Waals surface area (Å²) in [5.41, 5.74) is -0.909. The van der Waals surface area contributed by atoms with Gasteiger partial charge in [-0.3, -0.25) is 9.59 Å².